The van der Waals surface area contributed by atoms with E-state index < -0.39 is 12.1 Å². The molecule has 0 nitrogen and oxygen atoms in total. The van der Waals surface area contributed by atoms with Crippen LogP contribution < -0.4 is 0 Å². The van der Waals surface area contributed by atoms with Crippen LogP contribution in [0.5, 0.6) is 0 Å². The highest BCUT2D eigenvalue weighted by Crippen LogP contribution is 2.26. The third kappa shape index (κ3) is 3.11. The number of allylic oxidation sites excluding steroid dienone is 1. The molecule has 0 saturated heterocycles. The van der Waals surface area contributed by atoms with Crippen LogP contribution in [0.4, 0.5) is 17.6 Å². The Morgan fingerprint density at radius 1 is 1.33 bits per heavy atom. The second kappa shape index (κ2) is 2.85. The number of halogens is 4. The SMILES string of the molecule is CC(/C=C\F)C(F)(F)F. The smallest absolute Gasteiger partial charge is 0.216 e. The Bertz CT molecular complexity index is 102. The van der Waals surface area contributed by atoms with E-state index in [9.17, 15) is 17.6 Å². The van der Waals surface area contributed by atoms with Crippen LogP contribution in [-0.4, -0.2) is 6.18 Å². The normalized spacial score (nSPS) is 16.6. The van der Waals surface area contributed by atoms with E-state index in [1.807, 2.05) is 0 Å². The van der Waals surface area contributed by atoms with Crippen LogP contribution in [0.25, 0.3) is 0 Å². The molecule has 0 N–H and O–H groups in total. The first kappa shape index (κ1) is 8.46. The van der Waals surface area contributed by atoms with Crippen molar-refractivity contribution in [2.75, 3.05) is 0 Å². The average molecular weight is 142 g/mol. The average Bonchev–Trinajstić information content (AvgIpc) is 1.64. The molecule has 54 valence electrons. The number of hydrogen-bond donors (Lipinski definition) is 0. The van der Waals surface area contributed by atoms with Crippen molar-refractivity contribution in [2.24, 2.45) is 5.92 Å². The van der Waals surface area contributed by atoms with Crippen LogP contribution in [0, 0.1) is 5.92 Å². The first-order chi connectivity index (χ1) is 3.98. The molecule has 0 spiro atoms. The molecule has 0 rings (SSSR count). The molecule has 0 amide bonds. The molecule has 0 aliphatic rings. The van der Waals surface area contributed by atoms with Gasteiger partial charge >= 0.3 is 6.18 Å². The summed E-state index contributed by atoms with van der Waals surface area (Å²) in [4.78, 5) is 0. The third-order valence-corrected chi connectivity index (χ3v) is 0.878. The van der Waals surface area contributed by atoms with Crippen molar-refractivity contribution < 1.29 is 17.6 Å². The van der Waals surface area contributed by atoms with Gasteiger partial charge in [-0.15, -0.1) is 0 Å². The van der Waals surface area contributed by atoms with Crippen LogP contribution in [0.15, 0.2) is 12.4 Å². The maximum atomic E-state index is 11.4. The van der Waals surface area contributed by atoms with Crippen molar-refractivity contribution in [1.29, 1.82) is 0 Å². The van der Waals surface area contributed by atoms with E-state index >= 15 is 0 Å². The van der Waals surface area contributed by atoms with Crippen LogP contribution >= 0.6 is 0 Å². The Kier molecular flexibility index (Phi) is 2.67. The molecule has 0 fully saturated rings. The molecule has 0 aliphatic carbocycles. The fourth-order valence-electron chi connectivity index (χ4n) is 0.218. The summed E-state index contributed by atoms with van der Waals surface area (Å²) in [5.41, 5.74) is 0. The molecule has 0 bridgehead atoms. The number of alkyl halides is 3. The molecule has 0 heterocycles. The second-order valence-electron chi connectivity index (χ2n) is 1.65. The summed E-state index contributed by atoms with van der Waals surface area (Å²) >= 11 is 0. The zero-order chi connectivity index (χ0) is 7.49. The van der Waals surface area contributed by atoms with Crippen LogP contribution in [0.1, 0.15) is 6.92 Å². The summed E-state index contributed by atoms with van der Waals surface area (Å²) in [6, 6.07) is 0. The summed E-state index contributed by atoms with van der Waals surface area (Å²) < 4.78 is 45.3. The Labute approximate surface area is 50.2 Å². The van der Waals surface area contributed by atoms with E-state index in [4.69, 9.17) is 0 Å². The maximum Gasteiger partial charge on any atom is 0.394 e. The zero-order valence-electron chi connectivity index (χ0n) is 4.74. The van der Waals surface area contributed by atoms with Crippen LogP contribution in [-0.2, 0) is 0 Å². The minimum Gasteiger partial charge on any atom is -0.216 e. The van der Waals surface area contributed by atoms with E-state index in [-0.39, 0.29) is 6.33 Å². The number of hydrogen-bond acceptors (Lipinski definition) is 0. The van der Waals surface area contributed by atoms with E-state index in [0.717, 1.165) is 6.92 Å². The van der Waals surface area contributed by atoms with E-state index in [1.165, 1.54) is 0 Å². The predicted octanol–water partition coefficient (Wildman–Crippen LogP) is 2.67. The molecule has 0 aromatic carbocycles. The first-order valence-electron chi connectivity index (χ1n) is 2.32. The van der Waals surface area contributed by atoms with Gasteiger partial charge in [0.05, 0.1) is 12.2 Å². The monoisotopic (exact) mass is 142 g/mol. The van der Waals surface area contributed by atoms with Gasteiger partial charge in [-0.1, -0.05) is 6.92 Å². The minimum atomic E-state index is -4.32. The molecule has 4 heteroatoms. The largest absolute Gasteiger partial charge is 0.394 e. The zero-order valence-corrected chi connectivity index (χ0v) is 4.74. The van der Waals surface area contributed by atoms with E-state index in [0.29, 0.717) is 6.08 Å². The summed E-state index contributed by atoms with van der Waals surface area (Å²) in [5, 5.41) is 0. The van der Waals surface area contributed by atoms with Crippen molar-refractivity contribution in [3.63, 3.8) is 0 Å². The van der Waals surface area contributed by atoms with Crippen molar-refractivity contribution in [3.8, 4) is 0 Å². The lowest BCUT2D eigenvalue weighted by molar-refractivity contribution is -0.156. The Balaban J connectivity index is 3.88. The van der Waals surface area contributed by atoms with E-state index in [2.05, 4.69) is 0 Å². The Hall–Kier alpha value is -0.540. The van der Waals surface area contributed by atoms with Gasteiger partial charge in [0.2, 0.25) is 0 Å². The lowest BCUT2D eigenvalue weighted by atomic mass is 10.2. The summed E-state index contributed by atoms with van der Waals surface area (Å²) in [6.45, 7) is 0.885. The quantitative estimate of drug-likeness (QED) is 0.493. The highest BCUT2D eigenvalue weighted by molar-refractivity contribution is 4.83. The van der Waals surface area contributed by atoms with Gasteiger partial charge in [0, 0.05) is 0 Å². The molecule has 0 aromatic rings. The molecule has 0 aliphatic heterocycles. The van der Waals surface area contributed by atoms with Gasteiger partial charge in [-0.25, -0.2) is 4.39 Å². The lowest BCUT2D eigenvalue weighted by Crippen LogP contribution is -2.16. The van der Waals surface area contributed by atoms with Crippen molar-refractivity contribution in [2.45, 2.75) is 13.1 Å². The van der Waals surface area contributed by atoms with Crippen LogP contribution in [0.3, 0.4) is 0 Å². The standard InChI is InChI=1S/C5H6F4/c1-4(2-3-6)5(7,8)9/h2-4H,1H3/b3-2-. The topological polar surface area (TPSA) is 0 Å². The third-order valence-electron chi connectivity index (χ3n) is 0.878. The molecule has 0 radical (unpaired) electrons. The molecular formula is C5H6F4. The first-order valence-corrected chi connectivity index (χ1v) is 2.32. The van der Waals surface area contributed by atoms with Gasteiger partial charge in [-0.3, -0.25) is 0 Å². The maximum absolute atomic E-state index is 11.4. The number of rotatable bonds is 1. The molecule has 0 aromatic heterocycles. The highest BCUT2D eigenvalue weighted by Gasteiger charge is 2.33. The summed E-state index contributed by atoms with van der Waals surface area (Å²) in [5.74, 6) is -1.69. The predicted molar refractivity (Wildman–Crippen MR) is 25.5 cm³/mol. The van der Waals surface area contributed by atoms with Crippen molar-refractivity contribution >= 4 is 0 Å². The molecule has 1 unspecified atom stereocenters. The highest BCUT2D eigenvalue weighted by atomic mass is 19.4. The minimum absolute atomic E-state index is 0.0991. The summed E-state index contributed by atoms with van der Waals surface area (Å²) in [7, 11) is 0. The van der Waals surface area contributed by atoms with E-state index in [1.54, 1.807) is 0 Å². The van der Waals surface area contributed by atoms with Gasteiger partial charge in [-0.2, -0.15) is 13.2 Å². The Morgan fingerprint density at radius 3 is 1.89 bits per heavy atom. The van der Waals surface area contributed by atoms with Gasteiger partial charge in [0.1, 0.15) is 0 Å². The Morgan fingerprint density at radius 2 is 1.78 bits per heavy atom. The second-order valence-corrected chi connectivity index (χ2v) is 1.65. The van der Waals surface area contributed by atoms with Gasteiger partial charge < -0.3 is 0 Å². The molecular weight excluding hydrogens is 136 g/mol. The molecule has 1 atom stereocenters. The summed E-state index contributed by atoms with van der Waals surface area (Å²) in [6.07, 6.45) is -3.96. The fourth-order valence-corrected chi connectivity index (χ4v) is 0.218. The van der Waals surface area contributed by atoms with Gasteiger partial charge in [0.15, 0.2) is 0 Å². The molecule has 9 heavy (non-hydrogen) atoms. The molecule has 0 saturated carbocycles. The lowest BCUT2D eigenvalue weighted by Gasteiger charge is -2.09. The van der Waals surface area contributed by atoms with Crippen molar-refractivity contribution in [3.05, 3.63) is 12.4 Å². The fraction of sp³-hybridized carbons (Fsp3) is 0.600. The van der Waals surface area contributed by atoms with Gasteiger partial charge in [0.25, 0.3) is 0 Å². The van der Waals surface area contributed by atoms with Crippen molar-refractivity contribution in [1.82, 2.24) is 0 Å². The van der Waals surface area contributed by atoms with Gasteiger partial charge in [-0.05, 0) is 6.08 Å². The van der Waals surface area contributed by atoms with Crippen LogP contribution in [0.2, 0.25) is 0 Å².